The minimum Gasteiger partial charge on any atom is -0.506 e. The fourth-order valence-corrected chi connectivity index (χ4v) is 1.78. The second-order valence-electron chi connectivity index (χ2n) is 3.63. The van der Waals surface area contributed by atoms with E-state index in [2.05, 4.69) is 21.2 Å². The summed E-state index contributed by atoms with van der Waals surface area (Å²) in [4.78, 5) is 11.9. The van der Waals surface area contributed by atoms with E-state index in [1.807, 2.05) is 0 Å². The quantitative estimate of drug-likeness (QED) is 0.874. The molecule has 0 aliphatic rings. The molecule has 3 nitrogen and oxygen atoms in total. The minimum atomic E-state index is -0.246. The van der Waals surface area contributed by atoms with Crippen molar-refractivity contribution < 1.29 is 9.90 Å². The molecule has 2 rings (SSSR count). The van der Waals surface area contributed by atoms with Gasteiger partial charge in [-0.05, 0) is 36.4 Å². The summed E-state index contributed by atoms with van der Waals surface area (Å²) in [6.07, 6.45) is 0. The molecule has 0 unspecified atom stereocenters. The first-order valence-electron chi connectivity index (χ1n) is 5.12. The van der Waals surface area contributed by atoms with Crippen LogP contribution in [0, 0.1) is 0 Å². The summed E-state index contributed by atoms with van der Waals surface area (Å²) in [5.74, 6) is -0.311. The monoisotopic (exact) mass is 325 g/mol. The molecule has 0 heterocycles. The number of anilines is 1. The van der Waals surface area contributed by atoms with Gasteiger partial charge in [0.15, 0.2) is 0 Å². The van der Waals surface area contributed by atoms with Crippen LogP contribution in [0.4, 0.5) is 5.69 Å². The number of aromatic hydroxyl groups is 1. The predicted octanol–water partition coefficient (Wildman–Crippen LogP) is 4.06. The van der Waals surface area contributed by atoms with E-state index in [1.54, 1.807) is 30.3 Å². The number of carbonyl (C=O) groups is 1. The van der Waals surface area contributed by atoms with Gasteiger partial charge in [-0.15, -0.1) is 0 Å². The van der Waals surface area contributed by atoms with Gasteiger partial charge >= 0.3 is 0 Å². The molecule has 2 aromatic rings. The first kappa shape index (κ1) is 12.9. The molecule has 0 saturated heterocycles. The number of nitrogens with one attached hydrogen (secondary N) is 1. The average molecular weight is 327 g/mol. The average Bonchev–Trinajstić information content (AvgIpc) is 2.34. The highest BCUT2D eigenvalue weighted by Gasteiger charge is 2.07. The summed E-state index contributed by atoms with van der Waals surface area (Å²) >= 11 is 8.98. The first-order valence-corrected chi connectivity index (χ1v) is 6.29. The third kappa shape index (κ3) is 3.03. The molecule has 0 aliphatic carbocycles. The largest absolute Gasteiger partial charge is 0.506 e. The molecule has 0 aliphatic heterocycles. The number of phenolic OH excluding ortho intramolecular Hbond substituents is 1. The molecule has 5 heteroatoms. The van der Waals surface area contributed by atoms with Crippen molar-refractivity contribution in [3.8, 4) is 5.75 Å². The van der Waals surface area contributed by atoms with E-state index in [0.29, 0.717) is 11.3 Å². The van der Waals surface area contributed by atoms with Gasteiger partial charge in [-0.3, -0.25) is 4.79 Å². The van der Waals surface area contributed by atoms with Crippen LogP contribution in [0.15, 0.2) is 46.9 Å². The molecule has 0 radical (unpaired) electrons. The molecule has 0 atom stereocenters. The van der Waals surface area contributed by atoms with E-state index >= 15 is 0 Å². The number of phenols is 1. The second kappa shape index (κ2) is 5.42. The third-order valence-corrected chi connectivity index (χ3v) is 3.16. The van der Waals surface area contributed by atoms with Gasteiger partial charge < -0.3 is 10.4 Å². The summed E-state index contributed by atoms with van der Waals surface area (Å²) < 4.78 is 0.906. The molecule has 0 bridgehead atoms. The van der Waals surface area contributed by atoms with E-state index in [1.165, 1.54) is 12.1 Å². The fourth-order valence-electron chi connectivity index (χ4n) is 1.39. The highest BCUT2D eigenvalue weighted by molar-refractivity contribution is 9.10. The fraction of sp³-hybridized carbons (Fsp3) is 0. The molecule has 0 saturated carbocycles. The zero-order valence-corrected chi connectivity index (χ0v) is 11.5. The van der Waals surface area contributed by atoms with Crippen LogP contribution in [0.2, 0.25) is 5.02 Å². The Morgan fingerprint density at radius 1 is 1.17 bits per heavy atom. The Kier molecular flexibility index (Phi) is 3.89. The van der Waals surface area contributed by atoms with Gasteiger partial charge in [0.2, 0.25) is 0 Å². The van der Waals surface area contributed by atoms with Crippen LogP contribution in [-0.2, 0) is 0 Å². The van der Waals surface area contributed by atoms with Crippen LogP contribution in [-0.4, -0.2) is 11.0 Å². The van der Waals surface area contributed by atoms with Gasteiger partial charge in [0.05, 0.1) is 5.02 Å². The first-order chi connectivity index (χ1) is 8.56. The van der Waals surface area contributed by atoms with Gasteiger partial charge in [0.25, 0.3) is 5.91 Å². The van der Waals surface area contributed by atoms with Crippen LogP contribution >= 0.6 is 27.5 Å². The SMILES string of the molecule is O=C(Nc1ccc(Cl)c(O)c1)c1ccc(Br)cc1. The summed E-state index contributed by atoms with van der Waals surface area (Å²) in [7, 11) is 0. The van der Waals surface area contributed by atoms with Crippen LogP contribution in [0.3, 0.4) is 0 Å². The van der Waals surface area contributed by atoms with E-state index in [9.17, 15) is 9.90 Å². The van der Waals surface area contributed by atoms with Crippen LogP contribution < -0.4 is 5.32 Å². The Balaban J connectivity index is 2.16. The van der Waals surface area contributed by atoms with Crippen molar-refractivity contribution in [2.75, 3.05) is 5.32 Å². The predicted molar refractivity (Wildman–Crippen MR) is 75.2 cm³/mol. The lowest BCUT2D eigenvalue weighted by Crippen LogP contribution is -2.11. The minimum absolute atomic E-state index is 0.0646. The standard InChI is InChI=1S/C13H9BrClNO2/c14-9-3-1-8(2-4-9)13(18)16-10-5-6-11(15)12(17)7-10/h1-7,17H,(H,16,18). The summed E-state index contributed by atoms with van der Waals surface area (Å²) in [6.45, 7) is 0. The van der Waals surface area contributed by atoms with Crippen LogP contribution in [0.5, 0.6) is 5.75 Å². The Hall–Kier alpha value is -1.52. The number of hydrogen-bond donors (Lipinski definition) is 2. The van der Waals surface area contributed by atoms with Crippen molar-refractivity contribution in [2.24, 2.45) is 0 Å². The Labute approximate surface area is 118 Å². The molecule has 0 fully saturated rings. The third-order valence-electron chi connectivity index (χ3n) is 2.31. The highest BCUT2D eigenvalue weighted by atomic mass is 79.9. The van der Waals surface area contributed by atoms with E-state index in [0.717, 1.165) is 4.47 Å². The summed E-state index contributed by atoms with van der Waals surface area (Å²) in [5.41, 5.74) is 1.03. The van der Waals surface area contributed by atoms with Gasteiger partial charge in [-0.1, -0.05) is 27.5 Å². The molecule has 1 amide bonds. The topological polar surface area (TPSA) is 49.3 Å². The van der Waals surface area contributed by atoms with Gasteiger partial charge in [-0.2, -0.15) is 0 Å². The number of rotatable bonds is 2. The lowest BCUT2D eigenvalue weighted by Gasteiger charge is -2.06. The zero-order chi connectivity index (χ0) is 13.1. The lowest BCUT2D eigenvalue weighted by atomic mass is 10.2. The van der Waals surface area contributed by atoms with Gasteiger partial charge in [0, 0.05) is 21.8 Å². The van der Waals surface area contributed by atoms with E-state index < -0.39 is 0 Å². The number of carbonyl (C=O) groups excluding carboxylic acids is 1. The smallest absolute Gasteiger partial charge is 0.255 e. The van der Waals surface area contributed by atoms with Crippen LogP contribution in [0.25, 0.3) is 0 Å². The second-order valence-corrected chi connectivity index (χ2v) is 4.95. The molecule has 92 valence electrons. The zero-order valence-electron chi connectivity index (χ0n) is 9.15. The van der Waals surface area contributed by atoms with Crippen molar-refractivity contribution in [3.63, 3.8) is 0 Å². The normalized spacial score (nSPS) is 10.1. The maximum atomic E-state index is 11.9. The van der Waals surface area contributed by atoms with Crippen LogP contribution in [0.1, 0.15) is 10.4 Å². The number of benzene rings is 2. The van der Waals surface area contributed by atoms with E-state index in [4.69, 9.17) is 11.6 Å². The van der Waals surface area contributed by atoms with E-state index in [-0.39, 0.29) is 16.7 Å². The highest BCUT2D eigenvalue weighted by Crippen LogP contribution is 2.26. The van der Waals surface area contributed by atoms with Gasteiger partial charge in [0.1, 0.15) is 5.75 Å². The van der Waals surface area contributed by atoms with Crippen molar-refractivity contribution in [1.29, 1.82) is 0 Å². The molecule has 18 heavy (non-hydrogen) atoms. The Bertz CT molecular complexity index is 584. The maximum Gasteiger partial charge on any atom is 0.255 e. The summed E-state index contributed by atoms with van der Waals surface area (Å²) in [5, 5.41) is 12.4. The molecule has 2 N–H and O–H groups in total. The Morgan fingerprint density at radius 3 is 2.44 bits per heavy atom. The molecular formula is C13H9BrClNO2. The molecule has 2 aromatic carbocycles. The van der Waals surface area contributed by atoms with Crippen molar-refractivity contribution in [3.05, 3.63) is 57.5 Å². The Morgan fingerprint density at radius 2 is 1.83 bits per heavy atom. The number of hydrogen-bond acceptors (Lipinski definition) is 2. The van der Waals surface area contributed by atoms with Gasteiger partial charge in [-0.25, -0.2) is 0 Å². The van der Waals surface area contributed by atoms with Crippen molar-refractivity contribution in [2.45, 2.75) is 0 Å². The summed E-state index contributed by atoms with van der Waals surface area (Å²) in [6, 6.07) is 11.5. The molecular weight excluding hydrogens is 318 g/mol. The number of amides is 1. The molecule has 0 aromatic heterocycles. The number of halogens is 2. The van der Waals surface area contributed by atoms with Crippen molar-refractivity contribution in [1.82, 2.24) is 0 Å². The lowest BCUT2D eigenvalue weighted by molar-refractivity contribution is 0.102. The van der Waals surface area contributed by atoms with Crippen molar-refractivity contribution >= 4 is 39.1 Å². The maximum absolute atomic E-state index is 11.9. The molecule has 0 spiro atoms.